The molecule has 5 nitrogen and oxygen atoms in total. The van der Waals surface area contributed by atoms with E-state index in [1.54, 1.807) is 24.2 Å². The third kappa shape index (κ3) is 1.99. The van der Waals surface area contributed by atoms with Gasteiger partial charge in [0.15, 0.2) is 5.82 Å². The van der Waals surface area contributed by atoms with Crippen LogP contribution in [-0.2, 0) is 0 Å². The highest BCUT2D eigenvalue weighted by Gasteiger charge is 2.18. The lowest BCUT2D eigenvalue weighted by molar-refractivity contribution is 1.05. The van der Waals surface area contributed by atoms with Crippen LogP contribution in [0.25, 0.3) is 16.9 Å². The minimum atomic E-state index is 0.806. The number of nitrogens with one attached hydrogen (secondary N) is 1. The predicted molar refractivity (Wildman–Crippen MR) is 90.1 cm³/mol. The molecule has 1 aliphatic rings. The van der Waals surface area contributed by atoms with Crippen LogP contribution in [0.3, 0.4) is 0 Å². The Morgan fingerprint density at radius 2 is 1.96 bits per heavy atom. The third-order valence-corrected chi connectivity index (χ3v) is 4.88. The molecule has 0 bridgehead atoms. The number of aromatic nitrogens is 4. The maximum atomic E-state index is 4.46. The summed E-state index contributed by atoms with van der Waals surface area (Å²) in [6.45, 7) is 0. The van der Waals surface area contributed by atoms with Crippen molar-refractivity contribution >= 4 is 28.9 Å². The normalized spacial score (nSPS) is 12.5. The molecule has 1 aliphatic heterocycles. The van der Waals surface area contributed by atoms with Gasteiger partial charge in [-0.2, -0.15) is 0 Å². The monoisotopic (exact) mass is 317 g/mol. The summed E-state index contributed by atoms with van der Waals surface area (Å²) < 4.78 is 2.09. The molecule has 6 heteroatoms. The first-order chi connectivity index (χ1) is 11.4. The summed E-state index contributed by atoms with van der Waals surface area (Å²) in [5, 5.41) is 4.27. The Hall–Kier alpha value is -2.86. The fourth-order valence-corrected chi connectivity index (χ4v) is 3.62. The highest BCUT2D eigenvalue weighted by molar-refractivity contribution is 7.99. The van der Waals surface area contributed by atoms with Crippen LogP contribution in [0.2, 0.25) is 0 Å². The van der Waals surface area contributed by atoms with E-state index in [1.165, 1.54) is 0 Å². The summed E-state index contributed by atoms with van der Waals surface area (Å²) in [7, 11) is 0. The molecular weight excluding hydrogens is 306 g/mol. The minimum Gasteiger partial charge on any atom is -0.337 e. The van der Waals surface area contributed by atoms with Gasteiger partial charge in [0, 0.05) is 29.0 Å². The van der Waals surface area contributed by atoms with E-state index in [0.717, 1.165) is 38.3 Å². The maximum Gasteiger partial charge on any atom is 0.163 e. The molecule has 5 rings (SSSR count). The first-order valence-corrected chi connectivity index (χ1v) is 8.02. The zero-order valence-corrected chi connectivity index (χ0v) is 12.8. The summed E-state index contributed by atoms with van der Waals surface area (Å²) >= 11 is 1.63. The van der Waals surface area contributed by atoms with Gasteiger partial charge in [0.2, 0.25) is 0 Å². The van der Waals surface area contributed by atoms with Crippen LogP contribution in [0.1, 0.15) is 0 Å². The van der Waals surface area contributed by atoms with Gasteiger partial charge in [-0.1, -0.05) is 23.9 Å². The second-order valence-electron chi connectivity index (χ2n) is 5.22. The highest BCUT2D eigenvalue weighted by Crippen LogP contribution is 2.43. The molecule has 0 spiro atoms. The summed E-state index contributed by atoms with van der Waals surface area (Å²) in [4.78, 5) is 14.3. The zero-order chi connectivity index (χ0) is 15.2. The molecule has 4 heterocycles. The topological polar surface area (TPSA) is 55.1 Å². The lowest BCUT2D eigenvalue weighted by Gasteiger charge is -2.19. The summed E-state index contributed by atoms with van der Waals surface area (Å²) in [5.74, 6) is 0.806. The summed E-state index contributed by atoms with van der Waals surface area (Å²) in [5.41, 5.74) is 4.17. The molecule has 0 saturated heterocycles. The van der Waals surface area contributed by atoms with E-state index in [9.17, 15) is 0 Å². The van der Waals surface area contributed by atoms with E-state index in [1.807, 2.05) is 30.6 Å². The largest absolute Gasteiger partial charge is 0.337 e. The van der Waals surface area contributed by atoms with E-state index in [4.69, 9.17) is 0 Å². The van der Waals surface area contributed by atoms with E-state index in [2.05, 4.69) is 42.9 Å². The van der Waals surface area contributed by atoms with Crippen LogP contribution in [-0.4, -0.2) is 19.4 Å². The third-order valence-electron chi connectivity index (χ3n) is 3.82. The molecule has 0 saturated carbocycles. The van der Waals surface area contributed by atoms with Crippen molar-refractivity contribution in [3.8, 4) is 11.3 Å². The Morgan fingerprint density at radius 3 is 2.96 bits per heavy atom. The number of imidazole rings is 1. The van der Waals surface area contributed by atoms with Crippen LogP contribution >= 0.6 is 11.8 Å². The van der Waals surface area contributed by atoms with Crippen molar-refractivity contribution in [1.82, 2.24) is 19.4 Å². The van der Waals surface area contributed by atoms with Gasteiger partial charge in [-0.15, -0.1) is 0 Å². The molecule has 0 fully saturated rings. The number of benzene rings is 1. The molecule has 23 heavy (non-hydrogen) atoms. The van der Waals surface area contributed by atoms with Crippen molar-refractivity contribution < 1.29 is 0 Å². The molecule has 4 aromatic rings. The standard InChI is InChI=1S/C17H11N5S/c1-2-8-22-13(10-20-15(22)3-1)11-4-5-14-12(9-11)21-16-17(23-14)19-7-6-18-16/h1-10H,(H,18,21). The van der Waals surface area contributed by atoms with Crippen molar-refractivity contribution in [2.24, 2.45) is 0 Å². The summed E-state index contributed by atoms with van der Waals surface area (Å²) in [6.07, 6.45) is 7.35. The first-order valence-electron chi connectivity index (χ1n) is 7.21. The number of nitrogens with zero attached hydrogens (tertiary/aromatic N) is 4. The van der Waals surface area contributed by atoms with Gasteiger partial charge in [0.25, 0.3) is 0 Å². The van der Waals surface area contributed by atoms with Gasteiger partial charge >= 0.3 is 0 Å². The molecule has 0 radical (unpaired) electrons. The Morgan fingerprint density at radius 1 is 1.00 bits per heavy atom. The Labute approximate surface area is 136 Å². The number of pyridine rings is 1. The highest BCUT2D eigenvalue weighted by atomic mass is 32.2. The SMILES string of the molecule is c1ccn2c(-c3ccc4c(c3)Nc3nccnc3S4)cnc2c1. The van der Waals surface area contributed by atoms with Crippen molar-refractivity contribution in [1.29, 1.82) is 0 Å². The van der Waals surface area contributed by atoms with Crippen molar-refractivity contribution in [3.05, 3.63) is 61.2 Å². The molecule has 1 N–H and O–H groups in total. The second kappa shape index (κ2) is 4.82. The van der Waals surface area contributed by atoms with E-state index in [-0.39, 0.29) is 0 Å². The van der Waals surface area contributed by atoms with Crippen LogP contribution < -0.4 is 5.32 Å². The van der Waals surface area contributed by atoms with Gasteiger partial charge in [0.05, 0.1) is 17.6 Å². The van der Waals surface area contributed by atoms with Gasteiger partial charge in [-0.3, -0.25) is 4.40 Å². The lowest BCUT2D eigenvalue weighted by atomic mass is 10.1. The van der Waals surface area contributed by atoms with E-state index in [0.29, 0.717) is 0 Å². The minimum absolute atomic E-state index is 0.806. The fraction of sp³-hybridized carbons (Fsp3) is 0. The van der Waals surface area contributed by atoms with Gasteiger partial charge in [0.1, 0.15) is 10.7 Å². The van der Waals surface area contributed by atoms with E-state index < -0.39 is 0 Å². The smallest absolute Gasteiger partial charge is 0.163 e. The lowest BCUT2D eigenvalue weighted by Crippen LogP contribution is -2.03. The number of fused-ring (bicyclic) bond motifs is 3. The van der Waals surface area contributed by atoms with Gasteiger partial charge in [-0.25, -0.2) is 15.0 Å². The van der Waals surface area contributed by atoms with Crippen molar-refractivity contribution in [3.63, 3.8) is 0 Å². The average molecular weight is 317 g/mol. The van der Waals surface area contributed by atoms with Crippen LogP contribution in [0.4, 0.5) is 11.5 Å². The Balaban J connectivity index is 1.62. The van der Waals surface area contributed by atoms with Crippen molar-refractivity contribution in [2.45, 2.75) is 9.92 Å². The zero-order valence-electron chi connectivity index (χ0n) is 12.0. The summed E-state index contributed by atoms with van der Waals surface area (Å²) in [6, 6.07) is 12.4. The molecule has 1 aromatic carbocycles. The van der Waals surface area contributed by atoms with Gasteiger partial charge in [-0.05, 0) is 24.3 Å². The van der Waals surface area contributed by atoms with Gasteiger partial charge < -0.3 is 5.32 Å². The Bertz CT molecular complexity index is 1040. The molecule has 0 atom stereocenters. The number of hydrogen-bond donors (Lipinski definition) is 1. The predicted octanol–water partition coefficient (Wildman–Crippen LogP) is 4.00. The molecule has 3 aromatic heterocycles. The number of rotatable bonds is 1. The second-order valence-corrected chi connectivity index (χ2v) is 6.25. The number of anilines is 2. The van der Waals surface area contributed by atoms with E-state index >= 15 is 0 Å². The Kier molecular flexibility index (Phi) is 2.65. The number of hydrogen-bond acceptors (Lipinski definition) is 5. The first kappa shape index (κ1) is 12.7. The van der Waals surface area contributed by atoms with Crippen molar-refractivity contribution in [2.75, 3.05) is 5.32 Å². The quantitative estimate of drug-likeness (QED) is 0.506. The molecular formula is C17H11N5S. The molecule has 0 unspecified atom stereocenters. The van der Waals surface area contributed by atoms with Crippen LogP contribution in [0.15, 0.2) is 71.1 Å². The molecule has 110 valence electrons. The molecule has 0 amide bonds. The fourth-order valence-electron chi connectivity index (χ4n) is 2.74. The van der Waals surface area contributed by atoms with Crippen LogP contribution in [0.5, 0.6) is 0 Å². The maximum absolute atomic E-state index is 4.46. The van der Waals surface area contributed by atoms with Crippen LogP contribution in [0, 0.1) is 0 Å². The molecule has 0 aliphatic carbocycles. The average Bonchev–Trinajstić information content (AvgIpc) is 3.03.